The lowest BCUT2D eigenvalue weighted by atomic mass is 10.1. The Morgan fingerprint density at radius 3 is 2.76 bits per heavy atom. The van der Waals surface area contributed by atoms with Crippen LogP contribution >= 0.6 is 0 Å². The molecule has 5 rings (SSSR count). The number of likely N-dealkylation sites (tertiary alicyclic amines) is 1. The number of hydrogen-bond donors (Lipinski definition) is 1. The maximum absolute atomic E-state index is 12.7. The summed E-state index contributed by atoms with van der Waals surface area (Å²) >= 11 is 0. The fraction of sp³-hybridized carbons (Fsp3) is 0.409. The van der Waals surface area contributed by atoms with Gasteiger partial charge in [-0.3, -0.25) is 9.69 Å². The highest BCUT2D eigenvalue weighted by Gasteiger charge is 2.35. The number of hydrogen-bond acceptors (Lipinski definition) is 5. The molecule has 0 saturated carbocycles. The number of amides is 1. The van der Waals surface area contributed by atoms with E-state index in [-0.39, 0.29) is 11.8 Å². The summed E-state index contributed by atoms with van der Waals surface area (Å²) in [6.07, 6.45) is 4.59. The Morgan fingerprint density at radius 2 is 2.03 bits per heavy atom. The van der Waals surface area contributed by atoms with Gasteiger partial charge in [0, 0.05) is 30.7 Å². The summed E-state index contributed by atoms with van der Waals surface area (Å²) in [7, 11) is 2.01. The minimum atomic E-state index is 0.0110. The summed E-state index contributed by atoms with van der Waals surface area (Å²) < 4.78 is 7.35. The van der Waals surface area contributed by atoms with Gasteiger partial charge in [-0.1, -0.05) is 12.1 Å². The first kappa shape index (κ1) is 18.3. The van der Waals surface area contributed by atoms with E-state index in [2.05, 4.69) is 43.0 Å². The Labute approximate surface area is 169 Å². The predicted octanol–water partition coefficient (Wildman–Crippen LogP) is 2.60. The average Bonchev–Trinajstić information content (AvgIpc) is 3.28. The van der Waals surface area contributed by atoms with Gasteiger partial charge in [-0.05, 0) is 37.4 Å². The molecule has 1 atom stereocenters. The molecule has 1 N–H and O–H groups in total. The fourth-order valence-corrected chi connectivity index (χ4v) is 4.13. The van der Waals surface area contributed by atoms with Crippen LogP contribution in [0.1, 0.15) is 12.2 Å². The summed E-state index contributed by atoms with van der Waals surface area (Å²) in [6.45, 7) is 5.34. The van der Waals surface area contributed by atoms with E-state index in [0.717, 1.165) is 60.6 Å². The number of aryl methyl sites for hydroxylation is 1. The number of carbonyl (C=O) groups excluding carboxylic acids is 1. The van der Waals surface area contributed by atoms with Crippen molar-refractivity contribution in [2.45, 2.75) is 19.4 Å². The number of nitrogens with one attached hydrogen (secondary N) is 1. The molecule has 7 nitrogen and oxygen atoms in total. The number of carbonyl (C=O) groups is 1. The van der Waals surface area contributed by atoms with E-state index in [1.54, 1.807) is 0 Å². The van der Waals surface area contributed by atoms with E-state index in [9.17, 15) is 4.79 Å². The van der Waals surface area contributed by atoms with E-state index in [1.165, 1.54) is 0 Å². The maximum atomic E-state index is 12.7. The molecule has 2 aliphatic rings. The summed E-state index contributed by atoms with van der Waals surface area (Å²) in [5.74, 6) is 1.64. The Balaban J connectivity index is 1.34. The van der Waals surface area contributed by atoms with E-state index < -0.39 is 0 Å². The Kier molecular flexibility index (Phi) is 4.56. The lowest BCUT2D eigenvalue weighted by Crippen LogP contribution is -2.48. The second kappa shape index (κ2) is 7.24. The maximum Gasteiger partial charge on any atom is 0.229 e. The molecule has 2 saturated heterocycles. The number of rotatable bonds is 4. The van der Waals surface area contributed by atoms with Crippen LogP contribution in [0.5, 0.6) is 0 Å². The number of ether oxygens (including phenoxy) is 1. The molecule has 1 amide bonds. The molecular weight excluding hydrogens is 366 g/mol. The number of pyridine rings is 1. The number of imidazole rings is 1. The number of aromatic nitrogens is 3. The van der Waals surface area contributed by atoms with Crippen molar-refractivity contribution in [3.8, 4) is 11.3 Å². The molecule has 150 valence electrons. The molecular formula is C22H25N5O2. The van der Waals surface area contributed by atoms with Gasteiger partial charge in [-0.15, -0.1) is 0 Å². The van der Waals surface area contributed by atoms with Gasteiger partial charge in [0.25, 0.3) is 0 Å². The van der Waals surface area contributed by atoms with Crippen molar-refractivity contribution in [3.05, 3.63) is 42.5 Å². The van der Waals surface area contributed by atoms with Gasteiger partial charge in [0.2, 0.25) is 5.91 Å². The number of nitrogens with zero attached hydrogens (tertiary/aromatic N) is 4. The van der Waals surface area contributed by atoms with Gasteiger partial charge in [0.1, 0.15) is 11.6 Å². The van der Waals surface area contributed by atoms with Crippen LogP contribution in [0.2, 0.25) is 0 Å². The van der Waals surface area contributed by atoms with Crippen LogP contribution in [0.3, 0.4) is 0 Å². The molecule has 0 spiro atoms. The van der Waals surface area contributed by atoms with Crippen LogP contribution < -0.4 is 5.32 Å². The number of benzene rings is 1. The predicted molar refractivity (Wildman–Crippen MR) is 112 cm³/mol. The lowest BCUT2D eigenvalue weighted by Gasteiger charge is -2.34. The van der Waals surface area contributed by atoms with Crippen molar-refractivity contribution >= 4 is 22.5 Å². The second-order valence-corrected chi connectivity index (χ2v) is 8.04. The third-order valence-electron chi connectivity index (χ3n) is 6.22. The Morgan fingerprint density at radius 1 is 1.17 bits per heavy atom. The van der Waals surface area contributed by atoms with Crippen LogP contribution in [-0.4, -0.2) is 57.7 Å². The molecule has 2 aromatic heterocycles. The average molecular weight is 391 g/mol. The monoisotopic (exact) mass is 391 g/mol. The zero-order valence-corrected chi connectivity index (χ0v) is 16.8. The van der Waals surface area contributed by atoms with Gasteiger partial charge < -0.3 is 14.6 Å². The molecule has 29 heavy (non-hydrogen) atoms. The van der Waals surface area contributed by atoms with E-state index in [4.69, 9.17) is 4.74 Å². The number of fused-ring (bicyclic) bond motifs is 1. The van der Waals surface area contributed by atoms with Crippen molar-refractivity contribution in [2.24, 2.45) is 13.0 Å². The first-order chi connectivity index (χ1) is 14.1. The standard InChI is InChI=1S/C22H25N5O2/c1-14-23-10-20(26(14)2)15-3-4-16-9-24-21(8-18(16)7-15)25-22(28)17-5-6-27(11-17)19-12-29-13-19/h3-4,7-10,17,19H,5-6,11-13H2,1-2H3,(H,24,25,28). The zero-order chi connectivity index (χ0) is 20.0. The van der Waals surface area contributed by atoms with E-state index in [1.807, 2.05) is 32.4 Å². The van der Waals surface area contributed by atoms with E-state index in [0.29, 0.717) is 11.9 Å². The smallest absolute Gasteiger partial charge is 0.229 e. The van der Waals surface area contributed by atoms with Crippen LogP contribution in [0, 0.1) is 12.8 Å². The quantitative estimate of drug-likeness (QED) is 0.740. The second-order valence-electron chi connectivity index (χ2n) is 8.04. The molecule has 2 aliphatic heterocycles. The van der Waals surface area contributed by atoms with Crippen molar-refractivity contribution in [1.82, 2.24) is 19.4 Å². The lowest BCUT2D eigenvalue weighted by molar-refractivity contribution is -0.120. The third kappa shape index (κ3) is 3.41. The van der Waals surface area contributed by atoms with Crippen molar-refractivity contribution in [2.75, 3.05) is 31.6 Å². The first-order valence-electron chi connectivity index (χ1n) is 10.1. The van der Waals surface area contributed by atoms with Crippen molar-refractivity contribution in [3.63, 3.8) is 0 Å². The van der Waals surface area contributed by atoms with Crippen LogP contribution in [0.25, 0.3) is 22.0 Å². The first-order valence-corrected chi connectivity index (χ1v) is 10.1. The normalized spacial score (nSPS) is 20.1. The molecule has 0 bridgehead atoms. The number of anilines is 1. The summed E-state index contributed by atoms with van der Waals surface area (Å²) in [5.41, 5.74) is 2.16. The van der Waals surface area contributed by atoms with Crippen LogP contribution in [0.4, 0.5) is 5.82 Å². The van der Waals surface area contributed by atoms with Gasteiger partial charge in [-0.2, -0.15) is 0 Å². The molecule has 1 aromatic carbocycles. The summed E-state index contributed by atoms with van der Waals surface area (Å²) in [6, 6.07) is 8.70. The van der Waals surface area contributed by atoms with Gasteiger partial charge in [-0.25, -0.2) is 9.97 Å². The molecule has 1 unspecified atom stereocenters. The Hall–Kier alpha value is -2.77. The fourth-order valence-electron chi connectivity index (χ4n) is 4.13. The molecule has 3 aromatic rings. The minimum absolute atomic E-state index is 0.0110. The SMILES string of the molecule is Cc1ncc(-c2ccc3cnc(NC(=O)C4CCN(C5COC5)C4)cc3c2)n1C. The molecule has 4 heterocycles. The summed E-state index contributed by atoms with van der Waals surface area (Å²) in [4.78, 5) is 23.9. The van der Waals surface area contributed by atoms with Gasteiger partial charge >= 0.3 is 0 Å². The topological polar surface area (TPSA) is 72.3 Å². The van der Waals surface area contributed by atoms with Crippen molar-refractivity contribution < 1.29 is 9.53 Å². The van der Waals surface area contributed by atoms with Gasteiger partial charge in [0.05, 0.1) is 37.1 Å². The highest BCUT2D eigenvalue weighted by Crippen LogP contribution is 2.27. The highest BCUT2D eigenvalue weighted by atomic mass is 16.5. The largest absolute Gasteiger partial charge is 0.378 e. The van der Waals surface area contributed by atoms with Crippen LogP contribution in [0.15, 0.2) is 36.7 Å². The van der Waals surface area contributed by atoms with Gasteiger partial charge in [0.15, 0.2) is 0 Å². The molecule has 0 aliphatic carbocycles. The molecule has 0 radical (unpaired) electrons. The van der Waals surface area contributed by atoms with Crippen LogP contribution in [-0.2, 0) is 16.6 Å². The zero-order valence-electron chi connectivity index (χ0n) is 16.8. The third-order valence-corrected chi connectivity index (χ3v) is 6.22. The minimum Gasteiger partial charge on any atom is -0.378 e. The highest BCUT2D eigenvalue weighted by molar-refractivity contribution is 5.95. The molecule has 7 heteroatoms. The molecule has 2 fully saturated rings. The summed E-state index contributed by atoms with van der Waals surface area (Å²) in [5, 5.41) is 5.11. The van der Waals surface area contributed by atoms with E-state index >= 15 is 0 Å². The van der Waals surface area contributed by atoms with Crippen molar-refractivity contribution in [1.29, 1.82) is 0 Å². The Bertz CT molecular complexity index is 1070.